The fourth-order valence-corrected chi connectivity index (χ4v) is 1.72. The maximum atomic E-state index is 11.8. The third-order valence-electron chi connectivity index (χ3n) is 2.78. The summed E-state index contributed by atoms with van der Waals surface area (Å²) in [6.45, 7) is 0. The molecule has 1 heterocycles. The van der Waals surface area contributed by atoms with E-state index in [1.165, 1.54) is 24.3 Å². The summed E-state index contributed by atoms with van der Waals surface area (Å²) in [6, 6.07) is 4.07. The molecule has 20 heavy (non-hydrogen) atoms. The smallest absolute Gasteiger partial charge is 0.336 e. The SMILES string of the molecule is O=C1CC[C@H](NC(=O)c2ccc([N+](=O)[O-])cc2)C(=O)O1. The van der Waals surface area contributed by atoms with Gasteiger partial charge in [0.15, 0.2) is 0 Å². The number of benzene rings is 1. The van der Waals surface area contributed by atoms with Crippen LogP contribution < -0.4 is 5.32 Å². The van der Waals surface area contributed by atoms with Crippen LogP contribution in [0.5, 0.6) is 0 Å². The quantitative estimate of drug-likeness (QED) is 0.373. The normalized spacial score (nSPS) is 18.3. The van der Waals surface area contributed by atoms with Crippen molar-refractivity contribution in [1.82, 2.24) is 5.32 Å². The first-order valence-corrected chi connectivity index (χ1v) is 5.77. The van der Waals surface area contributed by atoms with Crippen molar-refractivity contribution >= 4 is 23.5 Å². The summed E-state index contributed by atoms with van der Waals surface area (Å²) in [4.78, 5) is 44.0. The number of ether oxygens (including phenoxy) is 1. The molecule has 0 unspecified atom stereocenters. The van der Waals surface area contributed by atoms with E-state index in [4.69, 9.17) is 0 Å². The fourth-order valence-electron chi connectivity index (χ4n) is 1.72. The number of rotatable bonds is 3. The number of esters is 2. The van der Waals surface area contributed by atoms with Crippen molar-refractivity contribution < 1.29 is 24.0 Å². The third kappa shape index (κ3) is 2.97. The van der Waals surface area contributed by atoms with Crippen LogP contribution in [-0.2, 0) is 14.3 Å². The van der Waals surface area contributed by atoms with Crippen LogP contribution in [0, 0.1) is 10.1 Å². The van der Waals surface area contributed by atoms with Crippen molar-refractivity contribution in [3.05, 3.63) is 39.9 Å². The van der Waals surface area contributed by atoms with E-state index in [9.17, 15) is 24.5 Å². The molecule has 1 aliphatic rings. The molecule has 1 fully saturated rings. The molecule has 1 aromatic carbocycles. The molecule has 1 amide bonds. The first kappa shape index (κ1) is 13.7. The number of nitrogens with one attached hydrogen (secondary N) is 1. The monoisotopic (exact) mass is 278 g/mol. The Morgan fingerprint density at radius 1 is 1.30 bits per heavy atom. The van der Waals surface area contributed by atoms with Crippen molar-refractivity contribution in [3.63, 3.8) is 0 Å². The molecule has 1 aromatic rings. The van der Waals surface area contributed by atoms with Gasteiger partial charge in [0.1, 0.15) is 6.04 Å². The van der Waals surface area contributed by atoms with Crippen molar-refractivity contribution in [1.29, 1.82) is 0 Å². The lowest BCUT2D eigenvalue weighted by Crippen LogP contribution is -2.45. The Morgan fingerprint density at radius 2 is 1.95 bits per heavy atom. The van der Waals surface area contributed by atoms with Crippen molar-refractivity contribution in [2.24, 2.45) is 0 Å². The second kappa shape index (κ2) is 5.47. The summed E-state index contributed by atoms with van der Waals surface area (Å²) < 4.78 is 4.40. The number of carbonyl (C=O) groups is 3. The molecule has 8 nitrogen and oxygen atoms in total. The lowest BCUT2D eigenvalue weighted by atomic mass is 10.1. The molecular weight excluding hydrogens is 268 g/mol. The number of nitro groups is 1. The van der Waals surface area contributed by atoms with Gasteiger partial charge < -0.3 is 10.1 Å². The lowest BCUT2D eigenvalue weighted by molar-refractivity contribution is -0.384. The molecule has 1 atom stereocenters. The van der Waals surface area contributed by atoms with Gasteiger partial charge in [-0.1, -0.05) is 0 Å². The second-order valence-corrected chi connectivity index (χ2v) is 4.16. The van der Waals surface area contributed by atoms with Crippen LogP contribution in [0.1, 0.15) is 23.2 Å². The summed E-state index contributed by atoms with van der Waals surface area (Å²) in [7, 11) is 0. The van der Waals surface area contributed by atoms with Crippen LogP contribution >= 0.6 is 0 Å². The molecule has 0 aromatic heterocycles. The number of hydrogen-bond donors (Lipinski definition) is 1. The Kier molecular flexibility index (Phi) is 3.74. The van der Waals surface area contributed by atoms with E-state index in [-0.39, 0.29) is 24.1 Å². The molecule has 1 aliphatic heterocycles. The summed E-state index contributed by atoms with van der Waals surface area (Å²) in [5.41, 5.74) is 0.0459. The Labute approximate surface area is 112 Å². The predicted octanol–water partition coefficient (Wildman–Crippen LogP) is 0.557. The van der Waals surface area contributed by atoms with Crippen molar-refractivity contribution in [2.75, 3.05) is 0 Å². The summed E-state index contributed by atoms with van der Waals surface area (Å²) >= 11 is 0. The molecule has 0 aliphatic carbocycles. The van der Waals surface area contributed by atoms with E-state index >= 15 is 0 Å². The molecule has 104 valence electrons. The van der Waals surface area contributed by atoms with Gasteiger partial charge in [-0.3, -0.25) is 19.7 Å². The number of nitrogens with zero attached hydrogens (tertiary/aromatic N) is 1. The summed E-state index contributed by atoms with van der Waals surface area (Å²) in [5, 5.41) is 12.9. The molecule has 1 N–H and O–H groups in total. The average Bonchev–Trinajstić information content (AvgIpc) is 2.42. The molecule has 1 saturated heterocycles. The van der Waals surface area contributed by atoms with Gasteiger partial charge in [-0.05, 0) is 18.6 Å². The Bertz CT molecular complexity index is 580. The first-order valence-electron chi connectivity index (χ1n) is 5.77. The summed E-state index contributed by atoms with van der Waals surface area (Å²) in [5.74, 6) is -1.97. The molecule has 0 bridgehead atoms. The van der Waals surface area contributed by atoms with E-state index in [0.29, 0.717) is 0 Å². The third-order valence-corrected chi connectivity index (χ3v) is 2.78. The lowest BCUT2D eigenvalue weighted by Gasteiger charge is -2.20. The highest BCUT2D eigenvalue weighted by molar-refractivity contribution is 5.99. The zero-order valence-corrected chi connectivity index (χ0v) is 10.2. The highest BCUT2D eigenvalue weighted by atomic mass is 16.6. The average molecular weight is 278 g/mol. The molecule has 0 saturated carbocycles. The van der Waals surface area contributed by atoms with Crippen LogP contribution in [0.4, 0.5) is 5.69 Å². The van der Waals surface area contributed by atoms with Gasteiger partial charge in [-0.25, -0.2) is 4.79 Å². The largest absolute Gasteiger partial charge is 0.392 e. The fraction of sp³-hybridized carbons (Fsp3) is 0.250. The second-order valence-electron chi connectivity index (χ2n) is 4.16. The minimum atomic E-state index is -0.879. The van der Waals surface area contributed by atoms with E-state index in [0.717, 1.165) is 0 Å². The maximum absolute atomic E-state index is 11.8. The van der Waals surface area contributed by atoms with E-state index < -0.39 is 28.8 Å². The number of carbonyl (C=O) groups excluding carboxylic acids is 3. The first-order chi connectivity index (χ1) is 9.47. The van der Waals surface area contributed by atoms with Gasteiger partial charge in [-0.15, -0.1) is 0 Å². The molecule has 8 heteroatoms. The van der Waals surface area contributed by atoms with Gasteiger partial charge in [-0.2, -0.15) is 0 Å². The topological polar surface area (TPSA) is 116 Å². The number of amides is 1. The molecule has 2 rings (SSSR count). The van der Waals surface area contributed by atoms with Gasteiger partial charge in [0.25, 0.3) is 11.6 Å². The van der Waals surface area contributed by atoms with Crippen LogP contribution in [-0.4, -0.2) is 28.8 Å². The summed E-state index contributed by atoms with van der Waals surface area (Å²) in [6.07, 6.45) is 0.230. The number of cyclic esters (lactones) is 2. The van der Waals surface area contributed by atoms with Crippen LogP contribution in [0.25, 0.3) is 0 Å². The minimum absolute atomic E-state index is 0.0525. The van der Waals surface area contributed by atoms with Crippen molar-refractivity contribution in [3.8, 4) is 0 Å². The van der Waals surface area contributed by atoms with Crippen LogP contribution in [0.2, 0.25) is 0 Å². The molecule has 0 radical (unpaired) electrons. The van der Waals surface area contributed by atoms with Gasteiger partial charge >= 0.3 is 11.9 Å². The Hall–Kier alpha value is -2.77. The van der Waals surface area contributed by atoms with E-state index in [2.05, 4.69) is 10.1 Å². The molecular formula is C12H10N2O6. The number of nitro benzene ring substituents is 1. The van der Waals surface area contributed by atoms with Crippen LogP contribution in [0.3, 0.4) is 0 Å². The number of non-ortho nitro benzene ring substituents is 1. The highest BCUT2D eigenvalue weighted by Crippen LogP contribution is 2.13. The van der Waals surface area contributed by atoms with Gasteiger partial charge in [0.2, 0.25) is 0 Å². The standard InChI is InChI=1S/C12H10N2O6/c15-10-6-5-9(12(17)20-10)13-11(16)7-1-3-8(4-2-7)14(18)19/h1-4,9H,5-6H2,(H,13,16)/t9-/m0/s1. The Morgan fingerprint density at radius 3 is 2.50 bits per heavy atom. The Balaban J connectivity index is 2.03. The van der Waals surface area contributed by atoms with E-state index in [1.54, 1.807) is 0 Å². The minimum Gasteiger partial charge on any atom is -0.392 e. The van der Waals surface area contributed by atoms with Crippen molar-refractivity contribution in [2.45, 2.75) is 18.9 Å². The molecule has 0 spiro atoms. The number of hydrogen-bond acceptors (Lipinski definition) is 6. The predicted molar refractivity (Wildman–Crippen MR) is 64.7 cm³/mol. The van der Waals surface area contributed by atoms with E-state index in [1.807, 2.05) is 0 Å². The highest BCUT2D eigenvalue weighted by Gasteiger charge is 2.30. The maximum Gasteiger partial charge on any atom is 0.336 e. The zero-order chi connectivity index (χ0) is 14.7. The van der Waals surface area contributed by atoms with Crippen LogP contribution in [0.15, 0.2) is 24.3 Å². The van der Waals surface area contributed by atoms with Gasteiger partial charge in [0.05, 0.1) is 4.92 Å². The van der Waals surface area contributed by atoms with Gasteiger partial charge in [0, 0.05) is 24.1 Å². The zero-order valence-electron chi connectivity index (χ0n) is 10.2.